The molecular formula is C22H20FN3O4S. The predicted octanol–water partition coefficient (Wildman–Crippen LogP) is 3.16. The van der Waals surface area contributed by atoms with Crippen molar-refractivity contribution in [3.63, 3.8) is 0 Å². The molecule has 9 heteroatoms. The summed E-state index contributed by atoms with van der Waals surface area (Å²) in [5.41, 5.74) is 1.89. The molecule has 1 aliphatic heterocycles. The van der Waals surface area contributed by atoms with Gasteiger partial charge in [0.05, 0.1) is 13.2 Å². The predicted molar refractivity (Wildman–Crippen MR) is 114 cm³/mol. The van der Waals surface area contributed by atoms with E-state index in [0.717, 1.165) is 27.6 Å². The van der Waals surface area contributed by atoms with Crippen molar-refractivity contribution in [3.8, 4) is 11.1 Å². The van der Waals surface area contributed by atoms with E-state index in [-0.39, 0.29) is 31.9 Å². The van der Waals surface area contributed by atoms with Gasteiger partial charge >= 0.3 is 0 Å². The number of pyridine rings is 1. The van der Waals surface area contributed by atoms with Gasteiger partial charge in [0.2, 0.25) is 10.0 Å². The third kappa shape index (κ3) is 4.63. The minimum Gasteiger partial charge on any atom is -0.379 e. The lowest BCUT2D eigenvalue weighted by Gasteiger charge is -2.26. The van der Waals surface area contributed by atoms with Crippen molar-refractivity contribution in [2.75, 3.05) is 31.6 Å². The number of benzene rings is 2. The number of morpholine rings is 1. The van der Waals surface area contributed by atoms with E-state index >= 15 is 0 Å². The van der Waals surface area contributed by atoms with Crippen molar-refractivity contribution in [3.05, 3.63) is 78.2 Å². The Hall–Kier alpha value is -3.14. The molecule has 0 unspecified atom stereocenters. The second-order valence-electron chi connectivity index (χ2n) is 6.91. The lowest BCUT2D eigenvalue weighted by molar-refractivity contribution is 0.0729. The first-order valence-corrected chi connectivity index (χ1v) is 11.1. The molecule has 1 fully saturated rings. The van der Waals surface area contributed by atoms with E-state index in [1.807, 2.05) is 36.4 Å². The second kappa shape index (κ2) is 8.93. The SMILES string of the molecule is O=C(Nc1ccc(-c2ccccc2)cn1)c1ccc(F)c(S(=O)(=O)N2CCOCC2)c1. The minimum absolute atomic E-state index is 0.0159. The lowest BCUT2D eigenvalue weighted by Crippen LogP contribution is -2.41. The third-order valence-corrected chi connectivity index (χ3v) is 6.81. The van der Waals surface area contributed by atoms with Crippen molar-refractivity contribution >= 4 is 21.7 Å². The van der Waals surface area contributed by atoms with Gasteiger partial charge in [-0.3, -0.25) is 4.79 Å². The highest BCUT2D eigenvalue weighted by Crippen LogP contribution is 2.23. The number of sulfonamides is 1. The number of anilines is 1. The molecular weight excluding hydrogens is 421 g/mol. The number of nitrogens with zero attached hydrogens (tertiary/aromatic N) is 2. The lowest BCUT2D eigenvalue weighted by atomic mass is 10.1. The molecule has 4 rings (SSSR count). The van der Waals surface area contributed by atoms with Crippen LogP contribution in [0.4, 0.5) is 10.2 Å². The van der Waals surface area contributed by atoms with Crippen LogP contribution in [0.1, 0.15) is 10.4 Å². The number of hydrogen-bond donors (Lipinski definition) is 1. The van der Waals surface area contributed by atoms with Gasteiger partial charge in [0.25, 0.3) is 5.91 Å². The summed E-state index contributed by atoms with van der Waals surface area (Å²) >= 11 is 0. The summed E-state index contributed by atoms with van der Waals surface area (Å²) in [5, 5.41) is 2.61. The Labute approximate surface area is 179 Å². The monoisotopic (exact) mass is 441 g/mol. The van der Waals surface area contributed by atoms with Crippen LogP contribution in [0.3, 0.4) is 0 Å². The second-order valence-corrected chi connectivity index (χ2v) is 8.82. The molecule has 1 amide bonds. The van der Waals surface area contributed by atoms with Crippen molar-refractivity contribution in [2.45, 2.75) is 4.90 Å². The Kier molecular flexibility index (Phi) is 6.08. The molecule has 0 saturated carbocycles. The van der Waals surface area contributed by atoms with E-state index in [1.54, 1.807) is 12.3 Å². The Morgan fingerprint density at radius 1 is 1.00 bits per heavy atom. The molecule has 0 atom stereocenters. The molecule has 3 aromatic rings. The number of rotatable bonds is 5. The fourth-order valence-corrected chi connectivity index (χ4v) is 4.72. The maximum Gasteiger partial charge on any atom is 0.256 e. The summed E-state index contributed by atoms with van der Waals surface area (Å²) in [7, 11) is -4.08. The average Bonchev–Trinajstić information content (AvgIpc) is 2.81. The maximum atomic E-state index is 14.3. The zero-order valence-corrected chi connectivity index (χ0v) is 17.3. The number of amides is 1. The maximum absolute atomic E-state index is 14.3. The summed E-state index contributed by atoms with van der Waals surface area (Å²) in [5.74, 6) is -1.20. The van der Waals surface area contributed by atoms with Gasteiger partial charge in [-0.2, -0.15) is 4.31 Å². The van der Waals surface area contributed by atoms with Crippen LogP contribution in [0.5, 0.6) is 0 Å². The summed E-state index contributed by atoms with van der Waals surface area (Å²) in [6, 6.07) is 16.4. The van der Waals surface area contributed by atoms with Crippen LogP contribution in [-0.4, -0.2) is 49.9 Å². The van der Waals surface area contributed by atoms with Crippen LogP contribution in [0.2, 0.25) is 0 Å². The molecule has 0 bridgehead atoms. The van der Waals surface area contributed by atoms with Crippen molar-refractivity contribution in [2.24, 2.45) is 0 Å². The molecule has 1 saturated heterocycles. The number of carbonyl (C=O) groups excluding carboxylic acids is 1. The fraction of sp³-hybridized carbons (Fsp3) is 0.182. The molecule has 31 heavy (non-hydrogen) atoms. The van der Waals surface area contributed by atoms with E-state index in [0.29, 0.717) is 5.82 Å². The Morgan fingerprint density at radius 3 is 2.42 bits per heavy atom. The molecule has 0 radical (unpaired) electrons. The Morgan fingerprint density at radius 2 is 1.74 bits per heavy atom. The number of nitrogens with one attached hydrogen (secondary N) is 1. The Bertz CT molecular complexity index is 1180. The molecule has 0 spiro atoms. The van der Waals surface area contributed by atoms with E-state index in [4.69, 9.17) is 4.74 Å². The molecule has 2 aromatic carbocycles. The van der Waals surface area contributed by atoms with Gasteiger partial charge in [-0.15, -0.1) is 0 Å². The fourth-order valence-electron chi connectivity index (χ4n) is 3.23. The third-order valence-electron chi connectivity index (χ3n) is 4.89. The van der Waals surface area contributed by atoms with Gasteiger partial charge in [0, 0.05) is 30.4 Å². The average molecular weight is 441 g/mol. The van der Waals surface area contributed by atoms with E-state index < -0.39 is 26.6 Å². The summed E-state index contributed by atoms with van der Waals surface area (Å²) < 4.78 is 46.2. The number of aromatic nitrogens is 1. The van der Waals surface area contributed by atoms with Crippen molar-refractivity contribution < 1.29 is 22.3 Å². The molecule has 1 aromatic heterocycles. The topological polar surface area (TPSA) is 88.6 Å². The van der Waals surface area contributed by atoms with Gasteiger partial charge in [-0.25, -0.2) is 17.8 Å². The molecule has 1 aliphatic rings. The molecule has 2 heterocycles. The highest BCUT2D eigenvalue weighted by molar-refractivity contribution is 7.89. The largest absolute Gasteiger partial charge is 0.379 e. The van der Waals surface area contributed by atoms with Gasteiger partial charge in [-0.05, 0) is 35.9 Å². The van der Waals surface area contributed by atoms with Gasteiger partial charge < -0.3 is 10.1 Å². The van der Waals surface area contributed by atoms with Crippen molar-refractivity contribution in [1.82, 2.24) is 9.29 Å². The van der Waals surface area contributed by atoms with Crippen LogP contribution in [0.25, 0.3) is 11.1 Å². The molecule has 0 aliphatic carbocycles. The summed E-state index contributed by atoms with van der Waals surface area (Å²) in [6.07, 6.45) is 1.63. The number of hydrogen-bond acceptors (Lipinski definition) is 5. The van der Waals surface area contributed by atoms with Crippen LogP contribution in [-0.2, 0) is 14.8 Å². The van der Waals surface area contributed by atoms with Crippen LogP contribution >= 0.6 is 0 Å². The molecule has 1 N–H and O–H groups in total. The molecule has 160 valence electrons. The first kappa shape index (κ1) is 21.1. The van der Waals surface area contributed by atoms with Gasteiger partial charge in [-0.1, -0.05) is 30.3 Å². The smallest absolute Gasteiger partial charge is 0.256 e. The highest BCUT2D eigenvalue weighted by Gasteiger charge is 2.29. The molecule has 7 nitrogen and oxygen atoms in total. The van der Waals surface area contributed by atoms with Crippen LogP contribution in [0, 0.1) is 5.82 Å². The zero-order chi connectivity index (χ0) is 21.8. The van der Waals surface area contributed by atoms with Gasteiger partial charge in [0.1, 0.15) is 16.5 Å². The number of ether oxygens (including phenoxy) is 1. The summed E-state index contributed by atoms with van der Waals surface area (Å²) in [6.45, 7) is 0.753. The van der Waals surface area contributed by atoms with Crippen molar-refractivity contribution in [1.29, 1.82) is 0 Å². The number of carbonyl (C=O) groups is 1. The van der Waals surface area contributed by atoms with E-state index in [1.165, 1.54) is 6.07 Å². The zero-order valence-electron chi connectivity index (χ0n) is 16.5. The first-order chi connectivity index (χ1) is 14.9. The summed E-state index contributed by atoms with van der Waals surface area (Å²) in [4.78, 5) is 16.3. The first-order valence-electron chi connectivity index (χ1n) is 9.65. The Balaban J connectivity index is 1.53. The van der Waals surface area contributed by atoms with E-state index in [2.05, 4.69) is 10.3 Å². The quantitative estimate of drug-likeness (QED) is 0.657. The normalized spacial score (nSPS) is 14.9. The van der Waals surface area contributed by atoms with E-state index in [9.17, 15) is 17.6 Å². The van der Waals surface area contributed by atoms with Crippen LogP contribution < -0.4 is 5.32 Å². The minimum atomic E-state index is -4.08. The highest BCUT2D eigenvalue weighted by atomic mass is 32.2. The van der Waals surface area contributed by atoms with Crippen LogP contribution in [0.15, 0.2) is 71.8 Å². The van der Waals surface area contributed by atoms with Gasteiger partial charge in [0.15, 0.2) is 0 Å². The number of halogens is 1. The standard InChI is InChI=1S/C22H20FN3O4S/c23-19-8-6-17(14-20(19)31(28,29)26-10-12-30-13-11-26)22(27)25-21-9-7-18(15-24-21)16-4-2-1-3-5-16/h1-9,14-15H,10-13H2,(H,24,25,27).